The Hall–Kier alpha value is -0.750. The van der Waals surface area contributed by atoms with E-state index in [1.807, 2.05) is 12.1 Å². The summed E-state index contributed by atoms with van der Waals surface area (Å²) in [6.07, 6.45) is 3.53. The number of hydrogen-bond donors (Lipinski definition) is 0. The van der Waals surface area contributed by atoms with Crippen molar-refractivity contribution < 1.29 is 13.2 Å². The minimum Gasteiger partial charge on any atom is -0.379 e. The number of aryl methyl sites for hydroxylation is 1. The molecule has 0 radical (unpaired) electrons. The molecule has 1 aromatic carbocycles. The fourth-order valence-corrected chi connectivity index (χ4v) is 3.27. The van der Waals surface area contributed by atoms with Crippen LogP contribution in [0.15, 0.2) is 29.2 Å². The van der Waals surface area contributed by atoms with Gasteiger partial charge in [0.25, 0.3) is 0 Å². The highest BCUT2D eigenvalue weighted by Gasteiger charge is 2.15. The molecule has 1 saturated heterocycles. The Bertz CT molecular complexity index is 484. The monoisotopic (exact) mass is 339 g/mol. The van der Waals surface area contributed by atoms with Gasteiger partial charge in [-0.15, -0.1) is 0 Å². The predicted molar refractivity (Wildman–Crippen MR) is 93.3 cm³/mol. The third kappa shape index (κ3) is 6.34. The zero-order chi connectivity index (χ0) is 16.7. The molecular weight excluding hydrogens is 310 g/mol. The zero-order valence-electron chi connectivity index (χ0n) is 14.5. The first kappa shape index (κ1) is 18.6. The highest BCUT2D eigenvalue weighted by molar-refractivity contribution is 7.80. The van der Waals surface area contributed by atoms with Gasteiger partial charge >= 0.3 is 0 Å². The number of morpholine rings is 1. The molecule has 0 spiro atoms. The van der Waals surface area contributed by atoms with Crippen LogP contribution in [0.4, 0.5) is 0 Å². The van der Waals surface area contributed by atoms with Gasteiger partial charge in [0.15, 0.2) is 0 Å². The molecule has 23 heavy (non-hydrogen) atoms. The van der Waals surface area contributed by atoms with Crippen molar-refractivity contribution in [2.45, 2.75) is 44.9 Å². The Kier molecular flexibility index (Phi) is 7.70. The summed E-state index contributed by atoms with van der Waals surface area (Å²) in [7, 11) is 0. The number of ether oxygens (including phenoxy) is 1. The lowest BCUT2D eigenvalue weighted by molar-refractivity contribution is -0.109. The van der Waals surface area contributed by atoms with Crippen molar-refractivity contribution in [2.75, 3.05) is 26.3 Å². The van der Waals surface area contributed by atoms with Crippen molar-refractivity contribution in [2.24, 2.45) is 11.8 Å². The normalized spacial score (nSPS) is 19.0. The lowest BCUT2D eigenvalue weighted by atomic mass is 9.92. The van der Waals surface area contributed by atoms with Gasteiger partial charge in [-0.05, 0) is 42.4 Å². The maximum absolute atomic E-state index is 12.2. The molecule has 2 rings (SSSR count). The maximum atomic E-state index is 12.2. The lowest BCUT2D eigenvalue weighted by Gasteiger charge is -2.24. The van der Waals surface area contributed by atoms with E-state index < -0.39 is 11.1 Å². The summed E-state index contributed by atoms with van der Waals surface area (Å²) in [5, 5.41) is 1.72. The largest absolute Gasteiger partial charge is 0.379 e. The summed E-state index contributed by atoms with van der Waals surface area (Å²) < 4.78 is 22.9. The highest BCUT2D eigenvalue weighted by Crippen LogP contribution is 2.18. The molecule has 1 heterocycles. The van der Waals surface area contributed by atoms with Crippen molar-refractivity contribution in [3.63, 3.8) is 0 Å². The van der Waals surface area contributed by atoms with Gasteiger partial charge in [0.1, 0.15) is 0 Å². The molecular formula is C18H29NO3S. The average molecular weight is 340 g/mol. The van der Waals surface area contributed by atoms with Crippen molar-refractivity contribution in [3.05, 3.63) is 29.8 Å². The van der Waals surface area contributed by atoms with Gasteiger partial charge in [-0.25, -0.2) is 4.21 Å². The van der Waals surface area contributed by atoms with E-state index in [9.17, 15) is 4.21 Å². The summed E-state index contributed by atoms with van der Waals surface area (Å²) in [6, 6.07) is 7.96. The van der Waals surface area contributed by atoms with Crippen LogP contribution in [0, 0.1) is 11.8 Å². The van der Waals surface area contributed by atoms with E-state index in [1.54, 1.807) is 5.06 Å². The van der Waals surface area contributed by atoms with E-state index in [-0.39, 0.29) is 0 Å². The number of nitrogens with zero attached hydrogens (tertiary/aromatic N) is 1. The number of hydrogen-bond acceptors (Lipinski definition) is 4. The minimum atomic E-state index is -1.44. The van der Waals surface area contributed by atoms with Crippen molar-refractivity contribution in [1.29, 1.82) is 0 Å². The Morgan fingerprint density at radius 1 is 1.17 bits per heavy atom. The van der Waals surface area contributed by atoms with Crippen LogP contribution in [-0.4, -0.2) is 35.6 Å². The van der Waals surface area contributed by atoms with Gasteiger partial charge in [0, 0.05) is 13.1 Å². The Balaban J connectivity index is 1.78. The van der Waals surface area contributed by atoms with Crippen LogP contribution >= 0.6 is 0 Å². The molecule has 1 aliphatic rings. The quantitative estimate of drug-likeness (QED) is 0.725. The molecule has 0 N–H and O–H groups in total. The summed E-state index contributed by atoms with van der Waals surface area (Å²) in [5.74, 6) is 1.51. The third-order valence-corrected chi connectivity index (χ3v) is 5.53. The average Bonchev–Trinajstić information content (AvgIpc) is 2.56. The minimum absolute atomic E-state index is 0.630. The van der Waals surface area contributed by atoms with E-state index in [4.69, 9.17) is 9.02 Å². The highest BCUT2D eigenvalue weighted by atomic mass is 32.2. The topological polar surface area (TPSA) is 38.8 Å². The van der Waals surface area contributed by atoms with Gasteiger partial charge in [0.05, 0.1) is 18.1 Å². The molecule has 0 amide bonds. The van der Waals surface area contributed by atoms with Crippen molar-refractivity contribution in [3.8, 4) is 0 Å². The van der Waals surface area contributed by atoms with Crippen LogP contribution in [0.5, 0.6) is 0 Å². The fraction of sp³-hybridized carbons (Fsp3) is 0.667. The number of rotatable bonds is 8. The van der Waals surface area contributed by atoms with E-state index in [2.05, 4.69) is 32.9 Å². The van der Waals surface area contributed by atoms with Gasteiger partial charge < -0.3 is 4.74 Å². The molecule has 0 aromatic heterocycles. The van der Waals surface area contributed by atoms with Gasteiger partial charge in [-0.2, -0.15) is 9.35 Å². The van der Waals surface area contributed by atoms with Gasteiger partial charge in [0.2, 0.25) is 11.1 Å². The molecule has 1 aliphatic heterocycles. The van der Waals surface area contributed by atoms with Crippen LogP contribution in [0.3, 0.4) is 0 Å². The number of benzene rings is 1. The van der Waals surface area contributed by atoms with Crippen LogP contribution in [-0.2, 0) is 26.5 Å². The smallest absolute Gasteiger partial charge is 0.206 e. The Labute approximate surface area is 142 Å². The van der Waals surface area contributed by atoms with E-state index in [1.165, 1.54) is 18.4 Å². The van der Waals surface area contributed by atoms with Gasteiger partial charge in [-0.1, -0.05) is 39.3 Å². The SMILES string of the molecule is CC(C)C(C)CCCc1ccc(S(=O)ON2CCOCC2)cc1. The molecule has 0 aliphatic carbocycles. The second-order valence-electron chi connectivity index (χ2n) is 6.61. The third-order valence-electron chi connectivity index (χ3n) is 4.52. The Morgan fingerprint density at radius 2 is 1.83 bits per heavy atom. The first-order valence-corrected chi connectivity index (χ1v) is 9.65. The first-order valence-electron chi connectivity index (χ1n) is 8.58. The first-order chi connectivity index (χ1) is 11.1. The summed E-state index contributed by atoms with van der Waals surface area (Å²) in [6.45, 7) is 9.47. The van der Waals surface area contributed by atoms with E-state index >= 15 is 0 Å². The summed E-state index contributed by atoms with van der Waals surface area (Å²) >= 11 is -1.44. The molecule has 1 fully saturated rings. The summed E-state index contributed by atoms with van der Waals surface area (Å²) in [5.41, 5.74) is 1.30. The molecule has 4 nitrogen and oxygen atoms in total. The molecule has 1 aromatic rings. The Morgan fingerprint density at radius 3 is 2.43 bits per heavy atom. The van der Waals surface area contributed by atoms with Gasteiger partial charge in [-0.3, -0.25) is 0 Å². The van der Waals surface area contributed by atoms with Crippen molar-refractivity contribution in [1.82, 2.24) is 5.06 Å². The lowest BCUT2D eigenvalue weighted by Crippen LogP contribution is -2.36. The fourth-order valence-electron chi connectivity index (χ4n) is 2.49. The molecule has 130 valence electrons. The number of hydroxylamine groups is 2. The second kappa shape index (κ2) is 9.52. The molecule has 0 bridgehead atoms. The van der Waals surface area contributed by atoms with Crippen LogP contribution in [0.1, 0.15) is 39.2 Å². The molecule has 2 unspecified atom stereocenters. The standard InChI is InChI=1S/C18H29NO3S/c1-15(2)16(3)5-4-6-17-7-9-18(10-8-17)23(20)22-19-11-13-21-14-12-19/h7-10,15-16H,4-6,11-14H2,1-3H3. The maximum Gasteiger partial charge on any atom is 0.206 e. The second-order valence-corrected chi connectivity index (χ2v) is 7.70. The summed E-state index contributed by atoms with van der Waals surface area (Å²) in [4.78, 5) is 0.718. The van der Waals surface area contributed by atoms with E-state index in [0.29, 0.717) is 26.3 Å². The molecule has 0 saturated carbocycles. The molecule has 2 atom stereocenters. The van der Waals surface area contributed by atoms with Crippen LogP contribution in [0.25, 0.3) is 0 Å². The van der Waals surface area contributed by atoms with Crippen LogP contribution in [0.2, 0.25) is 0 Å². The van der Waals surface area contributed by atoms with Crippen molar-refractivity contribution >= 4 is 11.1 Å². The molecule has 5 heteroatoms. The predicted octanol–water partition coefficient (Wildman–Crippen LogP) is 3.59. The van der Waals surface area contributed by atoms with E-state index in [0.717, 1.165) is 23.2 Å². The zero-order valence-corrected chi connectivity index (χ0v) is 15.3. The van der Waals surface area contributed by atoms with Crippen LogP contribution < -0.4 is 0 Å².